The third kappa shape index (κ3) is 6.11. The van der Waals surface area contributed by atoms with Crippen molar-refractivity contribution >= 4 is 23.6 Å². The molecule has 0 aliphatic heterocycles. The second-order valence-corrected chi connectivity index (χ2v) is 7.67. The largest absolute Gasteiger partial charge is 0.467 e. The number of aliphatic hydroxyl groups is 1. The first kappa shape index (κ1) is 22.0. The van der Waals surface area contributed by atoms with Crippen molar-refractivity contribution in [3.05, 3.63) is 71.8 Å². The van der Waals surface area contributed by atoms with Crippen LogP contribution in [0.15, 0.2) is 60.7 Å². The predicted octanol–water partition coefficient (Wildman–Crippen LogP) is 3.11. The zero-order chi connectivity index (χ0) is 20.4. The van der Waals surface area contributed by atoms with Gasteiger partial charge in [0.05, 0.1) is 7.11 Å². The number of esters is 1. The van der Waals surface area contributed by atoms with E-state index in [1.54, 1.807) is 11.8 Å². The highest BCUT2D eigenvalue weighted by Crippen LogP contribution is 2.33. The van der Waals surface area contributed by atoms with Gasteiger partial charge in [0.2, 0.25) is 5.91 Å². The molecular weight excluding hydrogens is 374 g/mol. The number of thioether (sulfide) groups is 1. The van der Waals surface area contributed by atoms with Crippen molar-refractivity contribution in [3.63, 3.8) is 0 Å². The van der Waals surface area contributed by atoms with Crippen LogP contribution in [0.2, 0.25) is 0 Å². The Morgan fingerprint density at radius 3 is 2.07 bits per heavy atom. The van der Waals surface area contributed by atoms with Gasteiger partial charge in [-0.1, -0.05) is 60.7 Å². The molecule has 2 aromatic rings. The van der Waals surface area contributed by atoms with Crippen molar-refractivity contribution < 1.29 is 19.4 Å². The van der Waals surface area contributed by atoms with E-state index in [0.717, 1.165) is 16.9 Å². The fourth-order valence-corrected chi connectivity index (χ4v) is 4.15. The van der Waals surface area contributed by atoms with Crippen molar-refractivity contribution in [1.82, 2.24) is 5.32 Å². The summed E-state index contributed by atoms with van der Waals surface area (Å²) in [6.07, 6.45) is 1.21. The van der Waals surface area contributed by atoms with Crippen LogP contribution in [0.25, 0.3) is 0 Å². The number of carbonyl (C=O) groups is 2. The van der Waals surface area contributed by atoms with Gasteiger partial charge >= 0.3 is 5.97 Å². The van der Waals surface area contributed by atoms with Gasteiger partial charge in [0.15, 0.2) is 0 Å². The lowest BCUT2D eigenvalue weighted by molar-refractivity contribution is -0.145. The Hall–Kier alpha value is -2.31. The number of rotatable bonds is 10. The SMILES string of the molecule is COC(=O)C(CCCSCC(O)(c1ccccc1)c1ccccc1)NC(C)=O. The summed E-state index contributed by atoms with van der Waals surface area (Å²) < 4.78 is 4.74. The second-order valence-electron chi connectivity index (χ2n) is 6.56. The summed E-state index contributed by atoms with van der Waals surface area (Å²) in [5.41, 5.74) is 0.603. The third-order valence-corrected chi connectivity index (χ3v) is 5.66. The molecule has 0 heterocycles. The Balaban J connectivity index is 1.97. The van der Waals surface area contributed by atoms with E-state index >= 15 is 0 Å². The minimum absolute atomic E-state index is 0.259. The first-order valence-corrected chi connectivity index (χ1v) is 10.4. The molecule has 0 aliphatic rings. The number of carbonyl (C=O) groups excluding carboxylic acids is 2. The zero-order valence-electron chi connectivity index (χ0n) is 16.3. The van der Waals surface area contributed by atoms with E-state index in [4.69, 9.17) is 4.74 Å². The molecule has 28 heavy (non-hydrogen) atoms. The van der Waals surface area contributed by atoms with Crippen LogP contribution in [-0.2, 0) is 19.9 Å². The third-order valence-electron chi connectivity index (χ3n) is 4.46. The van der Waals surface area contributed by atoms with Crippen molar-refractivity contribution in [2.24, 2.45) is 0 Å². The van der Waals surface area contributed by atoms with Gasteiger partial charge in [-0.25, -0.2) is 4.79 Å². The monoisotopic (exact) mass is 401 g/mol. The molecule has 0 spiro atoms. The van der Waals surface area contributed by atoms with Gasteiger partial charge in [-0.3, -0.25) is 4.79 Å². The van der Waals surface area contributed by atoms with Crippen LogP contribution in [0.3, 0.4) is 0 Å². The first-order valence-electron chi connectivity index (χ1n) is 9.23. The highest BCUT2D eigenvalue weighted by atomic mass is 32.2. The Kier molecular flexibility index (Phi) is 8.54. The molecule has 1 amide bonds. The van der Waals surface area contributed by atoms with Crippen LogP contribution < -0.4 is 5.32 Å². The number of methoxy groups -OCH3 is 1. The molecule has 0 aliphatic carbocycles. The number of nitrogens with one attached hydrogen (secondary N) is 1. The first-order chi connectivity index (χ1) is 13.5. The molecule has 5 nitrogen and oxygen atoms in total. The predicted molar refractivity (Wildman–Crippen MR) is 112 cm³/mol. The maximum Gasteiger partial charge on any atom is 0.328 e. The lowest BCUT2D eigenvalue weighted by Crippen LogP contribution is -2.40. The minimum atomic E-state index is -1.09. The molecule has 6 heteroatoms. The topological polar surface area (TPSA) is 75.6 Å². The molecule has 2 rings (SSSR count). The molecule has 0 saturated heterocycles. The van der Waals surface area contributed by atoms with Crippen LogP contribution in [0.4, 0.5) is 0 Å². The molecule has 0 radical (unpaired) electrons. The van der Waals surface area contributed by atoms with Gasteiger partial charge in [0.1, 0.15) is 11.6 Å². The van der Waals surface area contributed by atoms with Crippen molar-refractivity contribution in [1.29, 1.82) is 0 Å². The molecule has 0 saturated carbocycles. The smallest absolute Gasteiger partial charge is 0.328 e. The summed E-state index contributed by atoms with van der Waals surface area (Å²) in [7, 11) is 1.31. The molecule has 1 atom stereocenters. The normalized spacial score (nSPS) is 12.2. The fraction of sp³-hybridized carbons (Fsp3) is 0.364. The van der Waals surface area contributed by atoms with Crippen molar-refractivity contribution in [3.8, 4) is 0 Å². The van der Waals surface area contributed by atoms with Gasteiger partial charge in [-0.05, 0) is 29.7 Å². The average molecular weight is 402 g/mol. The Bertz CT molecular complexity index is 712. The minimum Gasteiger partial charge on any atom is -0.467 e. The summed E-state index contributed by atoms with van der Waals surface area (Å²) in [5.74, 6) is 0.537. The summed E-state index contributed by atoms with van der Waals surface area (Å²) in [4.78, 5) is 23.0. The quantitative estimate of drug-likeness (QED) is 0.473. The number of hydrogen-bond acceptors (Lipinski definition) is 5. The van der Waals surface area contributed by atoms with E-state index in [9.17, 15) is 14.7 Å². The summed E-state index contributed by atoms with van der Waals surface area (Å²) in [6.45, 7) is 1.38. The maximum atomic E-state index is 11.8. The van der Waals surface area contributed by atoms with Crippen molar-refractivity contribution in [2.75, 3.05) is 18.6 Å². The number of amides is 1. The Morgan fingerprint density at radius 2 is 1.61 bits per heavy atom. The Morgan fingerprint density at radius 1 is 1.07 bits per heavy atom. The van der Waals surface area contributed by atoms with Crippen molar-refractivity contribution in [2.45, 2.75) is 31.4 Å². The number of ether oxygens (including phenoxy) is 1. The Labute approximate surface area is 170 Å². The van der Waals surface area contributed by atoms with E-state index < -0.39 is 17.6 Å². The molecule has 0 bridgehead atoms. The summed E-state index contributed by atoms with van der Waals surface area (Å²) in [6, 6.07) is 18.6. The van der Waals surface area contributed by atoms with Gasteiger partial charge < -0.3 is 15.2 Å². The number of hydrogen-bond donors (Lipinski definition) is 2. The molecule has 0 aromatic heterocycles. The van der Waals surface area contributed by atoms with E-state index in [2.05, 4.69) is 5.32 Å². The van der Waals surface area contributed by atoms with Gasteiger partial charge in [0, 0.05) is 12.7 Å². The van der Waals surface area contributed by atoms with Gasteiger partial charge in [-0.15, -0.1) is 0 Å². The molecule has 150 valence electrons. The maximum absolute atomic E-state index is 11.8. The lowest BCUT2D eigenvalue weighted by Gasteiger charge is -2.29. The molecule has 2 N–H and O–H groups in total. The lowest BCUT2D eigenvalue weighted by atomic mass is 9.88. The number of benzene rings is 2. The van der Waals surface area contributed by atoms with Crippen LogP contribution in [0, 0.1) is 0 Å². The van der Waals surface area contributed by atoms with E-state index in [1.165, 1.54) is 14.0 Å². The molecule has 1 unspecified atom stereocenters. The summed E-state index contributed by atoms with van der Waals surface area (Å²) in [5, 5.41) is 14.1. The van der Waals surface area contributed by atoms with Crippen LogP contribution in [-0.4, -0.2) is 41.6 Å². The van der Waals surface area contributed by atoms with Gasteiger partial charge in [0.25, 0.3) is 0 Å². The van der Waals surface area contributed by atoms with Crippen LogP contribution in [0.5, 0.6) is 0 Å². The van der Waals surface area contributed by atoms with E-state index in [1.807, 2.05) is 60.7 Å². The molecule has 2 aromatic carbocycles. The fourth-order valence-electron chi connectivity index (χ4n) is 3.01. The second kappa shape index (κ2) is 10.9. The molecule has 0 fully saturated rings. The highest BCUT2D eigenvalue weighted by Gasteiger charge is 2.31. The van der Waals surface area contributed by atoms with Crippen LogP contribution >= 0.6 is 11.8 Å². The van der Waals surface area contributed by atoms with Crippen LogP contribution in [0.1, 0.15) is 30.9 Å². The molecular formula is C22H27NO4S. The standard InChI is InChI=1S/C22H27NO4S/c1-17(24)23-20(21(25)27-2)14-9-15-28-16-22(26,18-10-5-3-6-11-18)19-12-7-4-8-13-19/h3-8,10-13,20,26H,9,14-16H2,1-2H3,(H,23,24). The summed E-state index contributed by atoms with van der Waals surface area (Å²) >= 11 is 1.62. The highest BCUT2D eigenvalue weighted by molar-refractivity contribution is 7.99. The zero-order valence-corrected chi connectivity index (χ0v) is 17.1. The average Bonchev–Trinajstić information content (AvgIpc) is 2.73. The van der Waals surface area contributed by atoms with Gasteiger partial charge in [-0.2, -0.15) is 11.8 Å². The van der Waals surface area contributed by atoms with E-state index in [0.29, 0.717) is 18.6 Å². The van der Waals surface area contributed by atoms with E-state index in [-0.39, 0.29) is 5.91 Å².